The number of hydrogen-bond donors (Lipinski definition) is 1. The Bertz CT molecular complexity index is 547. The fourth-order valence-electron chi connectivity index (χ4n) is 2.56. The van der Waals surface area contributed by atoms with Gasteiger partial charge in [-0.05, 0) is 31.9 Å². The lowest BCUT2D eigenvalue weighted by molar-refractivity contribution is 0.297. The molecule has 0 amide bonds. The van der Waals surface area contributed by atoms with Crippen molar-refractivity contribution < 1.29 is 5.11 Å². The van der Waals surface area contributed by atoms with Gasteiger partial charge in [-0.1, -0.05) is 17.7 Å². The third-order valence-electron chi connectivity index (χ3n) is 3.35. The fraction of sp³-hybridized carbons (Fsp3) is 0.400. The number of hydrogen-bond acceptors (Lipinski definition) is 2. The summed E-state index contributed by atoms with van der Waals surface area (Å²) in [5, 5.41) is 9.03. The number of imidazole rings is 1. The molecule has 0 saturated carbocycles. The maximum Gasteiger partial charge on any atom is 0.140 e. The third kappa shape index (κ3) is 2.18. The molecule has 0 fully saturated rings. The van der Waals surface area contributed by atoms with E-state index in [0.717, 1.165) is 11.5 Å². The molecule has 0 bridgehead atoms. The molecule has 0 aliphatic carbocycles. The molecule has 1 N–H and O–H groups in total. The molecule has 3 heteroatoms. The fourth-order valence-corrected chi connectivity index (χ4v) is 2.56. The van der Waals surface area contributed by atoms with E-state index in [1.54, 1.807) is 0 Å². The van der Waals surface area contributed by atoms with Crippen molar-refractivity contribution >= 4 is 0 Å². The molecule has 18 heavy (non-hydrogen) atoms. The lowest BCUT2D eigenvalue weighted by atomic mass is 9.99. The van der Waals surface area contributed by atoms with Gasteiger partial charge in [0.1, 0.15) is 5.82 Å². The van der Waals surface area contributed by atoms with E-state index in [0.29, 0.717) is 6.42 Å². The molecule has 1 aromatic carbocycles. The number of benzene rings is 1. The maximum absolute atomic E-state index is 9.03. The van der Waals surface area contributed by atoms with Crippen molar-refractivity contribution in [2.24, 2.45) is 7.05 Å². The van der Waals surface area contributed by atoms with Crippen LogP contribution >= 0.6 is 0 Å². The van der Waals surface area contributed by atoms with Crippen LogP contribution in [0.25, 0.3) is 11.4 Å². The summed E-state index contributed by atoms with van der Waals surface area (Å²) < 4.78 is 2.07. The molecule has 0 spiro atoms. The average Bonchev–Trinajstić information content (AvgIpc) is 2.61. The second-order valence-corrected chi connectivity index (χ2v) is 4.88. The molecule has 96 valence electrons. The summed E-state index contributed by atoms with van der Waals surface area (Å²) in [6, 6.07) is 4.37. The Hall–Kier alpha value is -1.61. The van der Waals surface area contributed by atoms with Crippen molar-refractivity contribution in [2.75, 3.05) is 6.61 Å². The number of aromatic nitrogens is 2. The Balaban J connectivity index is 2.56. The van der Waals surface area contributed by atoms with Crippen LogP contribution in [-0.4, -0.2) is 21.3 Å². The van der Waals surface area contributed by atoms with Crippen molar-refractivity contribution in [3.8, 4) is 11.4 Å². The smallest absolute Gasteiger partial charge is 0.140 e. The van der Waals surface area contributed by atoms with Crippen LogP contribution in [0.4, 0.5) is 0 Å². The number of aliphatic hydroxyl groups is 1. The van der Waals surface area contributed by atoms with E-state index < -0.39 is 0 Å². The molecular weight excluding hydrogens is 224 g/mol. The highest BCUT2D eigenvalue weighted by molar-refractivity contribution is 5.66. The predicted molar refractivity (Wildman–Crippen MR) is 73.6 cm³/mol. The van der Waals surface area contributed by atoms with Crippen LogP contribution in [0.15, 0.2) is 18.3 Å². The third-order valence-corrected chi connectivity index (χ3v) is 3.35. The monoisotopic (exact) mass is 244 g/mol. The number of nitrogens with zero attached hydrogens (tertiary/aromatic N) is 2. The summed E-state index contributed by atoms with van der Waals surface area (Å²) in [6.45, 7) is 6.51. The van der Waals surface area contributed by atoms with Crippen molar-refractivity contribution in [1.29, 1.82) is 0 Å². The van der Waals surface area contributed by atoms with Crippen LogP contribution in [0.2, 0.25) is 0 Å². The van der Waals surface area contributed by atoms with Gasteiger partial charge in [-0.3, -0.25) is 0 Å². The van der Waals surface area contributed by atoms with E-state index in [4.69, 9.17) is 5.11 Å². The lowest BCUT2D eigenvalue weighted by Gasteiger charge is -2.12. The average molecular weight is 244 g/mol. The summed E-state index contributed by atoms with van der Waals surface area (Å²) in [6.07, 6.45) is 2.50. The number of aryl methyl sites for hydroxylation is 3. The minimum Gasteiger partial charge on any atom is -0.396 e. The second kappa shape index (κ2) is 4.94. The Morgan fingerprint density at radius 1 is 1.17 bits per heavy atom. The molecule has 2 rings (SSSR count). The van der Waals surface area contributed by atoms with Crippen LogP contribution in [-0.2, 0) is 13.5 Å². The van der Waals surface area contributed by atoms with Crippen LogP contribution in [0.3, 0.4) is 0 Å². The summed E-state index contributed by atoms with van der Waals surface area (Å²) in [4.78, 5) is 4.51. The van der Waals surface area contributed by atoms with Crippen molar-refractivity contribution in [3.63, 3.8) is 0 Å². The van der Waals surface area contributed by atoms with Gasteiger partial charge in [-0.2, -0.15) is 0 Å². The summed E-state index contributed by atoms with van der Waals surface area (Å²) in [7, 11) is 2.01. The zero-order valence-corrected chi connectivity index (χ0v) is 11.5. The Labute approximate surface area is 108 Å². The van der Waals surface area contributed by atoms with Gasteiger partial charge in [0.2, 0.25) is 0 Å². The van der Waals surface area contributed by atoms with Gasteiger partial charge in [0.15, 0.2) is 0 Å². The van der Waals surface area contributed by atoms with Crippen LogP contribution in [0, 0.1) is 20.8 Å². The SMILES string of the molecule is Cc1cc(C)c(-c2ncc(CCO)n2C)c(C)c1. The van der Waals surface area contributed by atoms with Gasteiger partial charge < -0.3 is 9.67 Å². The summed E-state index contributed by atoms with van der Waals surface area (Å²) in [5.74, 6) is 0.980. The number of rotatable bonds is 3. The van der Waals surface area contributed by atoms with Crippen molar-refractivity contribution in [1.82, 2.24) is 9.55 Å². The van der Waals surface area contributed by atoms with Gasteiger partial charge in [0.05, 0.1) is 0 Å². The van der Waals surface area contributed by atoms with E-state index in [-0.39, 0.29) is 6.61 Å². The van der Waals surface area contributed by atoms with E-state index >= 15 is 0 Å². The van der Waals surface area contributed by atoms with Crippen molar-refractivity contribution in [3.05, 3.63) is 40.7 Å². The van der Waals surface area contributed by atoms with E-state index in [9.17, 15) is 0 Å². The van der Waals surface area contributed by atoms with Crippen LogP contribution in [0.1, 0.15) is 22.4 Å². The molecule has 0 atom stereocenters. The topological polar surface area (TPSA) is 38.1 Å². The molecule has 1 aromatic heterocycles. The van der Waals surface area contributed by atoms with E-state index in [2.05, 4.69) is 42.5 Å². The Morgan fingerprint density at radius 3 is 2.33 bits per heavy atom. The first kappa shape index (κ1) is 12.8. The predicted octanol–water partition coefficient (Wildman–Crippen LogP) is 2.55. The minimum absolute atomic E-state index is 0.158. The first-order valence-corrected chi connectivity index (χ1v) is 6.24. The summed E-state index contributed by atoms with van der Waals surface area (Å²) >= 11 is 0. The van der Waals surface area contributed by atoms with Gasteiger partial charge in [-0.25, -0.2) is 4.98 Å². The van der Waals surface area contributed by atoms with Gasteiger partial charge in [0.25, 0.3) is 0 Å². The van der Waals surface area contributed by atoms with Crippen molar-refractivity contribution in [2.45, 2.75) is 27.2 Å². The standard InChI is InChI=1S/C15H20N2O/c1-10-7-11(2)14(12(3)8-10)15-16-9-13(5-6-18)17(15)4/h7-9,18H,5-6H2,1-4H3. The molecule has 1 heterocycles. The van der Waals surface area contributed by atoms with Crippen LogP contribution in [0.5, 0.6) is 0 Å². The highest BCUT2D eigenvalue weighted by Crippen LogP contribution is 2.27. The van der Waals surface area contributed by atoms with E-state index in [1.165, 1.54) is 22.3 Å². The summed E-state index contributed by atoms with van der Waals surface area (Å²) in [5.41, 5.74) is 6.03. The van der Waals surface area contributed by atoms with Gasteiger partial charge in [-0.15, -0.1) is 0 Å². The zero-order chi connectivity index (χ0) is 13.3. The molecule has 0 aliphatic rings. The maximum atomic E-state index is 9.03. The van der Waals surface area contributed by atoms with Crippen LogP contribution < -0.4 is 0 Å². The first-order valence-electron chi connectivity index (χ1n) is 6.24. The largest absolute Gasteiger partial charge is 0.396 e. The molecular formula is C15H20N2O. The molecule has 0 aliphatic heterocycles. The molecule has 0 saturated heterocycles. The lowest BCUT2D eigenvalue weighted by Crippen LogP contribution is -2.02. The molecule has 2 aromatic rings. The second-order valence-electron chi connectivity index (χ2n) is 4.88. The van der Waals surface area contributed by atoms with Gasteiger partial charge in [0, 0.05) is 37.5 Å². The zero-order valence-electron chi connectivity index (χ0n) is 11.5. The molecule has 0 radical (unpaired) electrons. The van der Waals surface area contributed by atoms with E-state index in [1.807, 2.05) is 13.2 Å². The first-order chi connectivity index (χ1) is 8.54. The number of aliphatic hydroxyl groups excluding tert-OH is 1. The highest BCUT2D eigenvalue weighted by Gasteiger charge is 2.13. The molecule has 3 nitrogen and oxygen atoms in total. The highest BCUT2D eigenvalue weighted by atomic mass is 16.3. The Morgan fingerprint density at radius 2 is 1.78 bits per heavy atom. The van der Waals surface area contributed by atoms with Gasteiger partial charge >= 0.3 is 0 Å². The molecule has 0 unspecified atom stereocenters. The normalized spacial score (nSPS) is 10.9. The quantitative estimate of drug-likeness (QED) is 0.901. The minimum atomic E-state index is 0.158. The Kier molecular flexibility index (Phi) is 3.53.